The van der Waals surface area contributed by atoms with E-state index in [9.17, 15) is 4.79 Å². The van der Waals surface area contributed by atoms with E-state index in [1.807, 2.05) is 0 Å². The summed E-state index contributed by atoms with van der Waals surface area (Å²) >= 11 is 0. The van der Waals surface area contributed by atoms with Gasteiger partial charge in [0, 0.05) is 24.5 Å². The number of carbonyl (C=O) groups is 2. The van der Waals surface area contributed by atoms with Gasteiger partial charge in [0.05, 0.1) is 0 Å². The van der Waals surface area contributed by atoms with Crippen molar-refractivity contribution in [2.45, 2.75) is 70.0 Å². The van der Waals surface area contributed by atoms with Crippen molar-refractivity contribution in [2.24, 2.45) is 5.73 Å². The minimum Gasteiger partial charge on any atom is -0.481 e. The second kappa shape index (κ2) is 8.34. The summed E-state index contributed by atoms with van der Waals surface area (Å²) < 4.78 is 0. The Morgan fingerprint density at radius 2 is 1.92 bits per heavy atom. The molecule has 1 aromatic carbocycles. The molecule has 0 aliphatic heterocycles. The SMILES string of the molecule is CC(=O)O.Cc1ccccc1CC1(NC(=O)N[C@@H]2CC[C@@H](N)C2)CC1. The molecule has 0 bridgehead atoms. The number of rotatable bonds is 4. The third-order valence-electron chi connectivity index (χ3n) is 4.83. The Bertz CT molecular complexity index is 610. The van der Waals surface area contributed by atoms with Crippen LogP contribution in [0.15, 0.2) is 24.3 Å². The number of nitrogens with one attached hydrogen (secondary N) is 2. The topological polar surface area (TPSA) is 104 Å². The standard InChI is InChI=1S/C17H25N3O.C2H4O2/c1-12-4-2-3-5-13(12)11-17(8-9-17)20-16(21)19-15-7-6-14(18)10-15;1-2(3)4/h2-5,14-15H,6-11,18H2,1H3,(H2,19,20,21);1H3,(H,3,4)/t14-,15-;/m1./s1. The van der Waals surface area contributed by atoms with E-state index in [2.05, 4.69) is 41.8 Å². The van der Waals surface area contributed by atoms with E-state index in [1.165, 1.54) is 11.1 Å². The van der Waals surface area contributed by atoms with Crippen molar-refractivity contribution >= 4 is 12.0 Å². The summed E-state index contributed by atoms with van der Waals surface area (Å²) in [5.41, 5.74) is 8.49. The van der Waals surface area contributed by atoms with Gasteiger partial charge in [0.1, 0.15) is 0 Å². The van der Waals surface area contributed by atoms with Gasteiger partial charge in [0.25, 0.3) is 5.97 Å². The molecule has 2 aliphatic carbocycles. The van der Waals surface area contributed by atoms with E-state index in [0.29, 0.717) is 0 Å². The summed E-state index contributed by atoms with van der Waals surface area (Å²) in [5.74, 6) is -0.833. The first-order valence-electron chi connectivity index (χ1n) is 8.88. The third kappa shape index (κ3) is 6.38. The van der Waals surface area contributed by atoms with Crippen LogP contribution in [0.5, 0.6) is 0 Å². The Kier molecular flexibility index (Phi) is 6.42. The van der Waals surface area contributed by atoms with Crippen molar-refractivity contribution < 1.29 is 14.7 Å². The molecule has 5 N–H and O–H groups in total. The number of aryl methyl sites for hydroxylation is 1. The molecular formula is C19H29N3O3. The molecule has 6 heteroatoms. The zero-order valence-corrected chi connectivity index (χ0v) is 15.0. The van der Waals surface area contributed by atoms with Gasteiger partial charge >= 0.3 is 6.03 Å². The fraction of sp³-hybridized carbons (Fsp3) is 0.579. The number of hydrogen-bond donors (Lipinski definition) is 4. The number of urea groups is 1. The molecule has 138 valence electrons. The van der Waals surface area contributed by atoms with E-state index in [4.69, 9.17) is 15.6 Å². The molecule has 2 aliphatic rings. The number of nitrogens with two attached hydrogens (primary N) is 1. The molecule has 2 fully saturated rings. The lowest BCUT2D eigenvalue weighted by atomic mass is 10.00. The molecule has 0 heterocycles. The molecule has 2 saturated carbocycles. The monoisotopic (exact) mass is 347 g/mol. The van der Waals surface area contributed by atoms with Crippen molar-refractivity contribution in [3.8, 4) is 0 Å². The fourth-order valence-corrected chi connectivity index (χ4v) is 3.28. The summed E-state index contributed by atoms with van der Waals surface area (Å²) in [4.78, 5) is 21.2. The van der Waals surface area contributed by atoms with E-state index in [-0.39, 0.29) is 23.7 Å². The van der Waals surface area contributed by atoms with Crippen LogP contribution in [0.3, 0.4) is 0 Å². The van der Waals surface area contributed by atoms with Crippen LogP contribution in [0.4, 0.5) is 4.79 Å². The number of carboxylic acids is 1. The van der Waals surface area contributed by atoms with Crippen molar-refractivity contribution in [1.29, 1.82) is 0 Å². The largest absolute Gasteiger partial charge is 0.481 e. The zero-order valence-electron chi connectivity index (χ0n) is 15.0. The molecule has 0 unspecified atom stereocenters. The van der Waals surface area contributed by atoms with E-state index in [0.717, 1.165) is 45.4 Å². The van der Waals surface area contributed by atoms with Crippen LogP contribution < -0.4 is 16.4 Å². The van der Waals surface area contributed by atoms with Gasteiger partial charge in [0.2, 0.25) is 0 Å². The molecule has 0 saturated heterocycles. The molecule has 3 rings (SSSR count). The van der Waals surface area contributed by atoms with Gasteiger partial charge in [-0.05, 0) is 56.6 Å². The molecule has 2 amide bonds. The van der Waals surface area contributed by atoms with Gasteiger partial charge in [-0.3, -0.25) is 4.79 Å². The number of aliphatic carboxylic acids is 1. The summed E-state index contributed by atoms with van der Waals surface area (Å²) in [6.45, 7) is 3.21. The first kappa shape index (κ1) is 19.2. The highest BCUT2D eigenvalue weighted by molar-refractivity contribution is 5.75. The second-order valence-corrected chi connectivity index (χ2v) is 7.27. The van der Waals surface area contributed by atoms with Crippen LogP contribution in [0.25, 0.3) is 0 Å². The second-order valence-electron chi connectivity index (χ2n) is 7.27. The quantitative estimate of drug-likeness (QED) is 0.671. The lowest BCUT2D eigenvalue weighted by molar-refractivity contribution is -0.134. The number of carbonyl (C=O) groups excluding carboxylic acids is 1. The first-order valence-corrected chi connectivity index (χ1v) is 8.88. The Morgan fingerprint density at radius 3 is 2.44 bits per heavy atom. The van der Waals surface area contributed by atoms with Crippen molar-refractivity contribution in [2.75, 3.05) is 0 Å². The van der Waals surface area contributed by atoms with Gasteiger partial charge in [-0.2, -0.15) is 0 Å². The van der Waals surface area contributed by atoms with Crippen LogP contribution >= 0.6 is 0 Å². The normalized spacial score (nSPS) is 23.2. The highest BCUT2D eigenvalue weighted by Crippen LogP contribution is 2.39. The number of benzene rings is 1. The lowest BCUT2D eigenvalue weighted by Gasteiger charge is -2.21. The molecule has 6 nitrogen and oxygen atoms in total. The van der Waals surface area contributed by atoms with Gasteiger partial charge in [-0.25, -0.2) is 4.79 Å². The van der Waals surface area contributed by atoms with Crippen molar-refractivity contribution in [3.63, 3.8) is 0 Å². The third-order valence-corrected chi connectivity index (χ3v) is 4.83. The molecule has 0 radical (unpaired) electrons. The van der Waals surface area contributed by atoms with Crippen LogP contribution in [0.1, 0.15) is 50.2 Å². The average Bonchev–Trinajstić information content (AvgIpc) is 3.13. The van der Waals surface area contributed by atoms with Crippen LogP contribution in [-0.4, -0.2) is 34.7 Å². The predicted molar refractivity (Wildman–Crippen MR) is 97.4 cm³/mol. The maximum absolute atomic E-state index is 12.2. The number of amides is 2. The Hall–Kier alpha value is -2.08. The van der Waals surface area contributed by atoms with Gasteiger partial charge < -0.3 is 21.5 Å². The Morgan fingerprint density at radius 1 is 1.28 bits per heavy atom. The smallest absolute Gasteiger partial charge is 0.315 e. The van der Waals surface area contributed by atoms with E-state index < -0.39 is 5.97 Å². The molecule has 0 aromatic heterocycles. The van der Waals surface area contributed by atoms with Gasteiger partial charge in [0.15, 0.2) is 0 Å². The summed E-state index contributed by atoms with van der Waals surface area (Å²) in [6.07, 6.45) is 5.98. The molecule has 25 heavy (non-hydrogen) atoms. The maximum Gasteiger partial charge on any atom is 0.315 e. The summed E-state index contributed by atoms with van der Waals surface area (Å²) in [7, 11) is 0. The minimum absolute atomic E-state index is 0.0276. The highest BCUT2D eigenvalue weighted by Gasteiger charge is 2.44. The predicted octanol–water partition coefficient (Wildman–Crippen LogP) is 2.34. The van der Waals surface area contributed by atoms with Crippen LogP contribution in [-0.2, 0) is 11.2 Å². The number of hydrogen-bond acceptors (Lipinski definition) is 3. The Labute approximate surface area is 149 Å². The van der Waals surface area contributed by atoms with Gasteiger partial charge in [-0.1, -0.05) is 24.3 Å². The van der Waals surface area contributed by atoms with E-state index >= 15 is 0 Å². The van der Waals surface area contributed by atoms with Gasteiger partial charge in [-0.15, -0.1) is 0 Å². The Balaban J connectivity index is 0.000000511. The zero-order chi connectivity index (χ0) is 18.4. The molecule has 0 spiro atoms. The van der Waals surface area contributed by atoms with Crippen molar-refractivity contribution in [1.82, 2.24) is 10.6 Å². The molecule has 1 aromatic rings. The van der Waals surface area contributed by atoms with Crippen LogP contribution in [0, 0.1) is 6.92 Å². The summed E-state index contributed by atoms with van der Waals surface area (Å²) in [6, 6.07) is 8.88. The average molecular weight is 347 g/mol. The first-order chi connectivity index (χ1) is 11.8. The molecule has 2 atom stereocenters. The fourth-order valence-electron chi connectivity index (χ4n) is 3.28. The summed E-state index contributed by atoms with van der Waals surface area (Å²) in [5, 5.41) is 13.7. The lowest BCUT2D eigenvalue weighted by Crippen LogP contribution is -2.48. The van der Waals surface area contributed by atoms with E-state index in [1.54, 1.807) is 0 Å². The van der Waals surface area contributed by atoms with Crippen LogP contribution in [0.2, 0.25) is 0 Å². The van der Waals surface area contributed by atoms with Crippen molar-refractivity contribution in [3.05, 3.63) is 35.4 Å². The minimum atomic E-state index is -0.833. The number of carboxylic acid groups (broad SMARTS) is 1. The highest BCUT2D eigenvalue weighted by atomic mass is 16.4. The molecular weight excluding hydrogens is 318 g/mol. The maximum atomic E-state index is 12.2.